The monoisotopic (exact) mass is 434 g/mol. The summed E-state index contributed by atoms with van der Waals surface area (Å²) in [4.78, 5) is 24.3. The fraction of sp³-hybridized carbons (Fsp3) is 0.667. The van der Waals surface area contributed by atoms with Crippen molar-refractivity contribution >= 4 is 23.4 Å². The Labute approximate surface area is 188 Å². The molecule has 1 rings (SSSR count). The number of rotatable bonds is 12. The molecule has 0 saturated carbocycles. The number of hydrogen-bond acceptors (Lipinski definition) is 3. The van der Waals surface area contributed by atoms with Gasteiger partial charge in [-0.25, -0.2) is 9.59 Å². The number of amides is 4. The summed E-state index contributed by atoms with van der Waals surface area (Å²) in [6.07, 6.45) is 5.61. The molecule has 176 valence electrons. The minimum absolute atomic E-state index is 0.270. The standard InChI is InChI=1S/C24H42N4O3/c1-7-9-12-19(8-2)17-31-16-11-15-25-22(29)26-20-13-10-14-21(18(20)3)27-23(30)28-24(4,5)6/h10,13-14,19H,7-9,11-12,15-17H2,1-6H3,(H2,25,26,29)(H2,27,28,30). The van der Waals surface area contributed by atoms with E-state index in [1.807, 2.05) is 39.8 Å². The van der Waals surface area contributed by atoms with Gasteiger partial charge in [-0.3, -0.25) is 0 Å². The first-order valence-electron chi connectivity index (χ1n) is 11.5. The average molecular weight is 435 g/mol. The number of anilines is 2. The van der Waals surface area contributed by atoms with E-state index >= 15 is 0 Å². The first kappa shape index (κ1) is 26.8. The Bertz CT molecular complexity index is 686. The summed E-state index contributed by atoms with van der Waals surface area (Å²) in [5, 5.41) is 11.4. The maximum Gasteiger partial charge on any atom is 0.319 e. The van der Waals surface area contributed by atoms with E-state index in [-0.39, 0.29) is 17.6 Å². The Kier molecular flexibility index (Phi) is 12.0. The van der Waals surface area contributed by atoms with Crippen molar-refractivity contribution in [3.8, 4) is 0 Å². The highest BCUT2D eigenvalue weighted by molar-refractivity contribution is 5.94. The number of carbonyl (C=O) groups excluding carboxylic acids is 2. The molecule has 0 saturated heterocycles. The van der Waals surface area contributed by atoms with Crippen molar-refractivity contribution in [2.45, 2.75) is 79.2 Å². The van der Waals surface area contributed by atoms with Gasteiger partial charge in [0.15, 0.2) is 0 Å². The molecule has 7 heteroatoms. The fourth-order valence-corrected chi connectivity index (χ4v) is 3.09. The number of urea groups is 2. The summed E-state index contributed by atoms with van der Waals surface area (Å²) in [6.45, 7) is 14.0. The van der Waals surface area contributed by atoms with Gasteiger partial charge in [0, 0.05) is 36.7 Å². The van der Waals surface area contributed by atoms with Gasteiger partial charge in [0.05, 0.1) is 0 Å². The van der Waals surface area contributed by atoms with Gasteiger partial charge in [-0.15, -0.1) is 0 Å². The van der Waals surface area contributed by atoms with Crippen LogP contribution >= 0.6 is 0 Å². The highest BCUT2D eigenvalue weighted by Crippen LogP contribution is 2.23. The minimum atomic E-state index is -0.329. The van der Waals surface area contributed by atoms with Gasteiger partial charge in [0.25, 0.3) is 0 Å². The van der Waals surface area contributed by atoms with Crippen LogP contribution in [-0.2, 0) is 4.74 Å². The molecule has 1 unspecified atom stereocenters. The van der Waals surface area contributed by atoms with Crippen LogP contribution in [0.5, 0.6) is 0 Å². The number of ether oxygens (including phenoxy) is 1. The van der Waals surface area contributed by atoms with Crippen molar-refractivity contribution in [3.05, 3.63) is 23.8 Å². The van der Waals surface area contributed by atoms with Crippen LogP contribution in [0.4, 0.5) is 21.0 Å². The quantitative estimate of drug-likeness (QED) is 0.320. The molecule has 0 aliphatic carbocycles. The van der Waals surface area contributed by atoms with Gasteiger partial charge in [0.2, 0.25) is 0 Å². The van der Waals surface area contributed by atoms with E-state index in [1.165, 1.54) is 19.3 Å². The van der Waals surface area contributed by atoms with Crippen molar-refractivity contribution in [2.24, 2.45) is 5.92 Å². The molecule has 1 aromatic rings. The van der Waals surface area contributed by atoms with Gasteiger partial charge >= 0.3 is 12.1 Å². The molecule has 0 aliphatic rings. The third kappa shape index (κ3) is 11.6. The summed E-state index contributed by atoms with van der Waals surface area (Å²) >= 11 is 0. The van der Waals surface area contributed by atoms with Gasteiger partial charge in [-0.2, -0.15) is 0 Å². The van der Waals surface area contributed by atoms with Crippen LogP contribution in [0.1, 0.15) is 72.3 Å². The molecule has 0 heterocycles. The minimum Gasteiger partial charge on any atom is -0.381 e. The summed E-state index contributed by atoms with van der Waals surface area (Å²) < 4.78 is 5.77. The van der Waals surface area contributed by atoms with Crippen LogP contribution in [-0.4, -0.2) is 37.4 Å². The Balaban J connectivity index is 2.38. The van der Waals surface area contributed by atoms with Crippen LogP contribution in [0.15, 0.2) is 18.2 Å². The van der Waals surface area contributed by atoms with Gasteiger partial charge in [-0.05, 0) is 64.2 Å². The number of carbonyl (C=O) groups is 2. The maximum atomic E-state index is 12.2. The van der Waals surface area contributed by atoms with Crippen LogP contribution in [0, 0.1) is 12.8 Å². The van der Waals surface area contributed by atoms with Crippen molar-refractivity contribution in [3.63, 3.8) is 0 Å². The van der Waals surface area contributed by atoms with E-state index in [1.54, 1.807) is 6.07 Å². The third-order valence-corrected chi connectivity index (χ3v) is 4.97. The Morgan fingerprint density at radius 3 is 2.26 bits per heavy atom. The van der Waals surface area contributed by atoms with Crippen molar-refractivity contribution < 1.29 is 14.3 Å². The zero-order valence-electron chi connectivity index (χ0n) is 20.2. The molecule has 4 N–H and O–H groups in total. The highest BCUT2D eigenvalue weighted by Gasteiger charge is 2.15. The molecule has 1 aromatic carbocycles. The largest absolute Gasteiger partial charge is 0.381 e. The van der Waals surface area contributed by atoms with E-state index in [2.05, 4.69) is 35.1 Å². The molecule has 31 heavy (non-hydrogen) atoms. The molecule has 0 bridgehead atoms. The fourth-order valence-electron chi connectivity index (χ4n) is 3.09. The first-order valence-corrected chi connectivity index (χ1v) is 11.5. The molecule has 0 spiro atoms. The molecule has 0 radical (unpaired) electrons. The maximum absolute atomic E-state index is 12.2. The number of unbranched alkanes of at least 4 members (excludes halogenated alkanes) is 1. The predicted octanol–water partition coefficient (Wildman–Crippen LogP) is 5.66. The number of hydrogen-bond donors (Lipinski definition) is 4. The lowest BCUT2D eigenvalue weighted by molar-refractivity contribution is 0.0925. The van der Waals surface area contributed by atoms with E-state index < -0.39 is 0 Å². The molecule has 4 amide bonds. The smallest absolute Gasteiger partial charge is 0.319 e. The van der Waals surface area contributed by atoms with Gasteiger partial charge in [-0.1, -0.05) is 39.2 Å². The zero-order chi connectivity index (χ0) is 23.3. The lowest BCUT2D eigenvalue weighted by Gasteiger charge is -2.21. The molecule has 0 aliphatic heterocycles. The molecule has 1 atom stereocenters. The molecular formula is C24H42N4O3. The van der Waals surface area contributed by atoms with Crippen LogP contribution in [0.2, 0.25) is 0 Å². The topological polar surface area (TPSA) is 91.5 Å². The average Bonchev–Trinajstić information content (AvgIpc) is 2.68. The third-order valence-electron chi connectivity index (χ3n) is 4.97. The van der Waals surface area contributed by atoms with Crippen molar-refractivity contribution in [1.82, 2.24) is 10.6 Å². The van der Waals surface area contributed by atoms with Crippen LogP contribution in [0.3, 0.4) is 0 Å². The van der Waals surface area contributed by atoms with Crippen LogP contribution < -0.4 is 21.3 Å². The van der Waals surface area contributed by atoms with Crippen molar-refractivity contribution in [1.29, 1.82) is 0 Å². The Morgan fingerprint density at radius 1 is 1.03 bits per heavy atom. The second-order valence-corrected chi connectivity index (χ2v) is 9.03. The van der Waals surface area contributed by atoms with E-state index in [0.29, 0.717) is 30.4 Å². The van der Waals surface area contributed by atoms with E-state index in [9.17, 15) is 9.59 Å². The SMILES string of the molecule is CCCCC(CC)COCCCNC(=O)Nc1cccc(NC(=O)NC(C)(C)C)c1C. The van der Waals surface area contributed by atoms with Gasteiger partial charge < -0.3 is 26.0 Å². The van der Waals surface area contributed by atoms with E-state index in [4.69, 9.17) is 4.74 Å². The zero-order valence-corrected chi connectivity index (χ0v) is 20.2. The number of benzene rings is 1. The summed E-state index contributed by atoms with van der Waals surface area (Å²) in [5.41, 5.74) is 1.78. The lowest BCUT2D eigenvalue weighted by Crippen LogP contribution is -2.43. The first-order chi connectivity index (χ1) is 14.7. The van der Waals surface area contributed by atoms with Crippen molar-refractivity contribution in [2.75, 3.05) is 30.4 Å². The second kappa shape index (κ2) is 13.9. The van der Waals surface area contributed by atoms with E-state index in [0.717, 1.165) is 25.0 Å². The summed E-state index contributed by atoms with van der Waals surface area (Å²) in [5.74, 6) is 0.630. The second-order valence-electron chi connectivity index (χ2n) is 9.03. The molecule has 0 fully saturated rings. The molecule has 0 aromatic heterocycles. The molecular weight excluding hydrogens is 392 g/mol. The van der Waals surface area contributed by atoms with Gasteiger partial charge in [0.1, 0.15) is 0 Å². The van der Waals surface area contributed by atoms with Crippen LogP contribution in [0.25, 0.3) is 0 Å². The summed E-state index contributed by atoms with van der Waals surface area (Å²) in [7, 11) is 0. The predicted molar refractivity (Wildman–Crippen MR) is 129 cm³/mol. The highest BCUT2D eigenvalue weighted by atomic mass is 16.5. The summed E-state index contributed by atoms with van der Waals surface area (Å²) in [6, 6.07) is 4.87. The molecule has 7 nitrogen and oxygen atoms in total. The Hall–Kier alpha value is -2.28. The normalized spacial score (nSPS) is 12.2. The Morgan fingerprint density at radius 2 is 1.68 bits per heavy atom. The number of nitrogens with one attached hydrogen (secondary N) is 4. The lowest BCUT2D eigenvalue weighted by atomic mass is 10.0.